The van der Waals surface area contributed by atoms with E-state index in [0.29, 0.717) is 19.4 Å². The van der Waals surface area contributed by atoms with Gasteiger partial charge in [0.25, 0.3) is 0 Å². The van der Waals surface area contributed by atoms with Crippen LogP contribution < -0.4 is 0 Å². The highest BCUT2D eigenvalue weighted by Gasteiger charge is 2.44. The van der Waals surface area contributed by atoms with Crippen molar-refractivity contribution in [2.45, 2.75) is 32.6 Å². The Kier molecular flexibility index (Phi) is 6.18. The molecule has 0 aliphatic carbocycles. The summed E-state index contributed by atoms with van der Waals surface area (Å²) in [6.07, 6.45) is 2.81. The molecule has 0 spiro atoms. The van der Waals surface area contributed by atoms with E-state index in [0.717, 1.165) is 30.5 Å². The molecule has 0 N–H and O–H groups in total. The first-order valence-corrected chi connectivity index (χ1v) is 10.1. The smallest absolute Gasteiger partial charge is 0.230 e. The van der Waals surface area contributed by atoms with Crippen molar-refractivity contribution in [2.24, 2.45) is 5.41 Å². The number of hydrogen-bond donors (Lipinski definition) is 0. The summed E-state index contributed by atoms with van der Waals surface area (Å²) < 4.78 is 0. The Morgan fingerprint density at radius 1 is 1.04 bits per heavy atom. The number of hydrogen-bond acceptors (Lipinski definition) is 2. The first-order valence-electron chi connectivity index (χ1n) is 10.1. The van der Waals surface area contributed by atoms with Gasteiger partial charge in [-0.25, -0.2) is 0 Å². The Labute approximate surface area is 168 Å². The highest BCUT2D eigenvalue weighted by molar-refractivity contribution is 5.84. The van der Waals surface area contributed by atoms with Crippen LogP contribution in [-0.4, -0.2) is 48.8 Å². The molecule has 2 amide bonds. The maximum absolute atomic E-state index is 13.2. The molecule has 1 aliphatic rings. The van der Waals surface area contributed by atoms with Gasteiger partial charge in [-0.15, -0.1) is 0 Å². The third-order valence-electron chi connectivity index (χ3n) is 5.67. The summed E-state index contributed by atoms with van der Waals surface area (Å²) >= 11 is 0. The fourth-order valence-corrected chi connectivity index (χ4v) is 4.32. The minimum atomic E-state index is -0.554. The molecule has 2 aromatic carbocycles. The molecule has 4 heteroatoms. The van der Waals surface area contributed by atoms with Crippen LogP contribution >= 0.6 is 0 Å². The van der Waals surface area contributed by atoms with Gasteiger partial charge in [0.15, 0.2) is 0 Å². The van der Waals surface area contributed by atoms with Gasteiger partial charge < -0.3 is 9.80 Å². The molecule has 1 fully saturated rings. The summed E-state index contributed by atoms with van der Waals surface area (Å²) in [6, 6.07) is 18.7. The average molecular weight is 379 g/mol. The van der Waals surface area contributed by atoms with E-state index < -0.39 is 5.41 Å². The van der Waals surface area contributed by atoms with E-state index in [2.05, 4.69) is 36.4 Å². The van der Waals surface area contributed by atoms with Gasteiger partial charge in [0.2, 0.25) is 11.8 Å². The Morgan fingerprint density at radius 3 is 2.43 bits per heavy atom. The maximum Gasteiger partial charge on any atom is 0.230 e. The van der Waals surface area contributed by atoms with E-state index in [1.165, 1.54) is 5.56 Å². The molecule has 1 saturated heterocycles. The van der Waals surface area contributed by atoms with Crippen LogP contribution in [0, 0.1) is 5.41 Å². The summed E-state index contributed by atoms with van der Waals surface area (Å²) in [7, 11) is 3.62. The predicted octanol–water partition coefficient (Wildman–Crippen LogP) is 4.00. The second kappa shape index (κ2) is 8.59. The average Bonchev–Trinajstić information content (AvgIpc) is 2.73. The van der Waals surface area contributed by atoms with Crippen LogP contribution in [0.1, 0.15) is 31.7 Å². The minimum absolute atomic E-state index is 0.117. The van der Waals surface area contributed by atoms with Crippen molar-refractivity contribution < 1.29 is 9.59 Å². The van der Waals surface area contributed by atoms with Gasteiger partial charge in [0, 0.05) is 33.6 Å². The summed E-state index contributed by atoms with van der Waals surface area (Å²) in [6.45, 7) is 3.14. The third-order valence-corrected chi connectivity index (χ3v) is 5.67. The first-order chi connectivity index (χ1) is 13.4. The normalized spacial score (nSPS) is 19.3. The lowest BCUT2D eigenvalue weighted by Gasteiger charge is -2.43. The van der Waals surface area contributed by atoms with Crippen molar-refractivity contribution in [1.29, 1.82) is 0 Å². The number of nitrogens with zero attached hydrogens (tertiary/aromatic N) is 2. The lowest BCUT2D eigenvalue weighted by atomic mass is 9.73. The number of likely N-dealkylation sites (tertiary alicyclic amines) is 1. The highest BCUT2D eigenvalue weighted by atomic mass is 16.2. The minimum Gasteiger partial charge on any atom is -0.348 e. The Bertz CT molecular complexity index is 832. The molecular weight excluding hydrogens is 348 g/mol. The first kappa shape index (κ1) is 20.1. The number of amides is 2. The van der Waals surface area contributed by atoms with Gasteiger partial charge in [0.05, 0.1) is 5.41 Å². The van der Waals surface area contributed by atoms with E-state index in [9.17, 15) is 9.59 Å². The molecule has 4 nitrogen and oxygen atoms in total. The zero-order valence-electron chi connectivity index (χ0n) is 17.1. The predicted molar refractivity (Wildman–Crippen MR) is 113 cm³/mol. The molecule has 1 heterocycles. The quantitative estimate of drug-likeness (QED) is 0.789. The zero-order chi connectivity index (χ0) is 20.1. The van der Waals surface area contributed by atoms with Crippen LogP contribution in [0.25, 0.3) is 11.1 Å². The molecule has 0 saturated carbocycles. The van der Waals surface area contributed by atoms with E-state index in [4.69, 9.17) is 0 Å². The fourth-order valence-electron chi connectivity index (χ4n) is 4.32. The number of piperidine rings is 1. The molecule has 2 aromatic rings. The largest absolute Gasteiger partial charge is 0.348 e. The summed E-state index contributed by atoms with van der Waals surface area (Å²) in [5.74, 6) is 0.250. The van der Waals surface area contributed by atoms with Crippen molar-refractivity contribution in [1.82, 2.24) is 9.80 Å². The summed E-state index contributed by atoms with van der Waals surface area (Å²) in [5, 5.41) is 0. The van der Waals surface area contributed by atoms with Crippen molar-refractivity contribution >= 4 is 11.8 Å². The third kappa shape index (κ3) is 4.27. The van der Waals surface area contributed by atoms with Gasteiger partial charge in [-0.3, -0.25) is 9.59 Å². The Hall–Kier alpha value is -2.62. The van der Waals surface area contributed by atoms with Crippen molar-refractivity contribution in [3.8, 4) is 11.1 Å². The van der Waals surface area contributed by atoms with Gasteiger partial charge >= 0.3 is 0 Å². The molecule has 28 heavy (non-hydrogen) atoms. The van der Waals surface area contributed by atoms with Gasteiger partial charge in [-0.05, 0) is 36.0 Å². The topological polar surface area (TPSA) is 40.6 Å². The van der Waals surface area contributed by atoms with E-state index >= 15 is 0 Å². The Morgan fingerprint density at radius 2 is 1.75 bits per heavy atom. The van der Waals surface area contributed by atoms with Gasteiger partial charge in [-0.1, -0.05) is 61.5 Å². The van der Waals surface area contributed by atoms with Crippen molar-refractivity contribution in [3.05, 3.63) is 60.2 Å². The number of carbonyl (C=O) groups is 2. The molecule has 0 radical (unpaired) electrons. The Balaban J connectivity index is 1.92. The van der Waals surface area contributed by atoms with Crippen LogP contribution in [0.2, 0.25) is 0 Å². The number of benzene rings is 2. The lowest BCUT2D eigenvalue weighted by Crippen LogP contribution is -2.54. The standard InChI is InChI=1S/C24H30N2O2/c1-4-22(27)26-15-9-14-24(18-26,23(28)25(2)3)17-19-10-8-13-21(16-19)20-11-6-5-7-12-20/h5-8,10-13,16H,4,9,14-15,17-18H2,1-3H3/t24-/m0/s1. The monoisotopic (exact) mass is 378 g/mol. The van der Waals surface area contributed by atoms with Crippen LogP contribution in [0.4, 0.5) is 0 Å². The SMILES string of the molecule is CCC(=O)N1CCC[C@@](Cc2cccc(-c3ccccc3)c2)(C(=O)N(C)C)C1. The van der Waals surface area contributed by atoms with Gasteiger partial charge in [0.1, 0.15) is 0 Å². The van der Waals surface area contributed by atoms with E-state index in [1.807, 2.05) is 44.1 Å². The van der Waals surface area contributed by atoms with Crippen molar-refractivity contribution in [3.63, 3.8) is 0 Å². The van der Waals surface area contributed by atoms with Crippen LogP contribution in [0.5, 0.6) is 0 Å². The van der Waals surface area contributed by atoms with Crippen LogP contribution in [0.15, 0.2) is 54.6 Å². The van der Waals surface area contributed by atoms with Crippen molar-refractivity contribution in [2.75, 3.05) is 27.2 Å². The molecular formula is C24H30N2O2. The number of rotatable bonds is 5. The number of carbonyl (C=O) groups excluding carboxylic acids is 2. The summed E-state index contributed by atoms with van der Waals surface area (Å²) in [4.78, 5) is 29.1. The molecule has 1 atom stereocenters. The summed E-state index contributed by atoms with van der Waals surface area (Å²) in [5.41, 5.74) is 2.91. The fraction of sp³-hybridized carbons (Fsp3) is 0.417. The molecule has 0 bridgehead atoms. The second-order valence-corrected chi connectivity index (χ2v) is 8.00. The molecule has 0 unspecified atom stereocenters. The second-order valence-electron chi connectivity index (χ2n) is 8.00. The zero-order valence-corrected chi connectivity index (χ0v) is 17.1. The molecule has 0 aromatic heterocycles. The van der Waals surface area contributed by atoms with E-state index in [1.54, 1.807) is 4.90 Å². The van der Waals surface area contributed by atoms with Crippen LogP contribution in [0.3, 0.4) is 0 Å². The highest BCUT2D eigenvalue weighted by Crippen LogP contribution is 2.36. The molecule has 148 valence electrons. The molecule has 3 rings (SSSR count). The molecule has 1 aliphatic heterocycles. The van der Waals surface area contributed by atoms with E-state index in [-0.39, 0.29) is 11.8 Å². The van der Waals surface area contributed by atoms with Gasteiger partial charge in [-0.2, -0.15) is 0 Å². The lowest BCUT2D eigenvalue weighted by molar-refractivity contribution is -0.147. The van der Waals surface area contributed by atoms with Crippen LogP contribution in [-0.2, 0) is 16.0 Å². The maximum atomic E-state index is 13.2.